The van der Waals surface area contributed by atoms with E-state index < -0.39 is 11.9 Å². The Morgan fingerprint density at radius 3 is 2.89 bits per heavy atom. The Labute approximate surface area is 104 Å². The highest BCUT2D eigenvalue weighted by atomic mass is 16.4. The first kappa shape index (κ1) is 11.0. The van der Waals surface area contributed by atoms with Crippen molar-refractivity contribution in [2.24, 2.45) is 0 Å². The summed E-state index contributed by atoms with van der Waals surface area (Å²) in [6, 6.07) is 9.73. The number of aliphatic carboxylic acids is 1. The number of carbonyl (C=O) groups is 1. The second-order valence-electron chi connectivity index (χ2n) is 4.32. The first-order valence-electron chi connectivity index (χ1n) is 5.83. The molecule has 0 spiro atoms. The van der Waals surface area contributed by atoms with Gasteiger partial charge in [-0.25, -0.2) is 4.68 Å². The van der Waals surface area contributed by atoms with Crippen LogP contribution in [0, 0.1) is 0 Å². The van der Waals surface area contributed by atoms with Crippen LogP contribution in [0.5, 0.6) is 0 Å². The van der Waals surface area contributed by atoms with Crippen molar-refractivity contribution in [3.05, 3.63) is 47.8 Å². The molecule has 0 amide bonds. The quantitative estimate of drug-likeness (QED) is 0.830. The molecule has 1 unspecified atom stereocenters. The van der Waals surface area contributed by atoms with Crippen LogP contribution in [0.1, 0.15) is 17.2 Å². The van der Waals surface area contributed by atoms with Crippen LogP contribution >= 0.6 is 0 Å². The van der Waals surface area contributed by atoms with E-state index in [4.69, 9.17) is 0 Å². The topological polar surface area (TPSA) is 67.2 Å². The molecule has 0 fully saturated rings. The molecule has 2 aromatic rings. The molecule has 0 saturated carbocycles. The van der Waals surface area contributed by atoms with E-state index >= 15 is 0 Å². The maximum Gasteiger partial charge on any atom is 0.312 e. The van der Waals surface area contributed by atoms with Crippen molar-refractivity contribution < 1.29 is 9.90 Å². The molecule has 1 atom stereocenters. The number of aromatic nitrogens is 2. The van der Waals surface area contributed by atoms with Gasteiger partial charge in [0.2, 0.25) is 0 Å². The molecule has 1 aliphatic heterocycles. The Kier molecular flexibility index (Phi) is 2.60. The molecule has 0 radical (unpaired) electrons. The van der Waals surface area contributed by atoms with E-state index in [0.717, 1.165) is 16.9 Å². The lowest BCUT2D eigenvalue weighted by atomic mass is 9.96. The fourth-order valence-electron chi connectivity index (χ4n) is 2.31. The zero-order chi connectivity index (χ0) is 12.5. The van der Waals surface area contributed by atoms with Gasteiger partial charge in [-0.1, -0.05) is 18.2 Å². The number of fused-ring (bicyclic) bond motifs is 1. The van der Waals surface area contributed by atoms with E-state index in [1.165, 1.54) is 0 Å². The number of para-hydroxylation sites is 1. The van der Waals surface area contributed by atoms with E-state index in [9.17, 15) is 9.90 Å². The maximum atomic E-state index is 11.2. The highest BCUT2D eigenvalue weighted by Gasteiger charge is 2.29. The molecule has 92 valence electrons. The molecular formula is C13H13N3O2. The molecule has 2 N–H and O–H groups in total. The molecular weight excluding hydrogens is 230 g/mol. The third-order valence-electron chi connectivity index (χ3n) is 3.22. The average Bonchev–Trinajstić information content (AvgIpc) is 2.83. The fourth-order valence-corrected chi connectivity index (χ4v) is 2.31. The third kappa shape index (κ3) is 1.69. The van der Waals surface area contributed by atoms with Crippen LogP contribution in [-0.4, -0.2) is 27.4 Å². The van der Waals surface area contributed by atoms with Crippen molar-refractivity contribution in [1.82, 2.24) is 15.1 Å². The number of nitrogens with one attached hydrogen (secondary N) is 1. The Hall–Kier alpha value is -2.14. The maximum absolute atomic E-state index is 11.2. The van der Waals surface area contributed by atoms with Crippen LogP contribution in [0.2, 0.25) is 0 Å². The second kappa shape index (κ2) is 4.27. The van der Waals surface area contributed by atoms with Gasteiger partial charge in [0.15, 0.2) is 0 Å². The normalized spacial score (nSPS) is 18.3. The van der Waals surface area contributed by atoms with Gasteiger partial charge in [0, 0.05) is 18.7 Å². The van der Waals surface area contributed by atoms with Crippen LogP contribution in [0.15, 0.2) is 36.5 Å². The molecule has 1 aromatic heterocycles. The Morgan fingerprint density at radius 2 is 2.17 bits per heavy atom. The number of nitrogens with zero attached hydrogens (tertiary/aromatic N) is 2. The van der Waals surface area contributed by atoms with Gasteiger partial charge >= 0.3 is 5.97 Å². The number of carboxylic acid groups (broad SMARTS) is 1. The van der Waals surface area contributed by atoms with Crippen LogP contribution in [0.25, 0.3) is 5.69 Å². The zero-order valence-electron chi connectivity index (χ0n) is 9.71. The van der Waals surface area contributed by atoms with Crippen molar-refractivity contribution in [2.75, 3.05) is 6.54 Å². The number of hydrogen-bond acceptors (Lipinski definition) is 3. The summed E-state index contributed by atoms with van der Waals surface area (Å²) in [5.74, 6) is -1.32. The van der Waals surface area contributed by atoms with Gasteiger partial charge in [-0.3, -0.25) is 4.79 Å². The lowest BCUT2D eigenvalue weighted by Gasteiger charge is -2.21. The van der Waals surface area contributed by atoms with E-state index in [1.807, 2.05) is 30.3 Å². The minimum atomic E-state index is -0.809. The fraction of sp³-hybridized carbons (Fsp3) is 0.231. The van der Waals surface area contributed by atoms with Gasteiger partial charge in [0.25, 0.3) is 0 Å². The zero-order valence-corrected chi connectivity index (χ0v) is 9.71. The molecule has 18 heavy (non-hydrogen) atoms. The first-order valence-corrected chi connectivity index (χ1v) is 5.83. The van der Waals surface area contributed by atoms with Crippen molar-refractivity contribution in [2.45, 2.75) is 12.5 Å². The summed E-state index contributed by atoms with van der Waals surface area (Å²) in [5.41, 5.74) is 2.69. The summed E-state index contributed by atoms with van der Waals surface area (Å²) in [6.45, 7) is 1.11. The Morgan fingerprint density at radius 1 is 1.39 bits per heavy atom. The molecule has 0 bridgehead atoms. The molecule has 3 rings (SSSR count). The smallest absolute Gasteiger partial charge is 0.312 e. The third-order valence-corrected chi connectivity index (χ3v) is 3.22. The van der Waals surface area contributed by atoms with Gasteiger partial charge in [0.1, 0.15) is 0 Å². The monoisotopic (exact) mass is 243 g/mol. The van der Waals surface area contributed by atoms with E-state index in [1.54, 1.807) is 10.9 Å². The SMILES string of the molecule is O=C(O)C1CNCc2c1cnn2-c1ccccc1. The van der Waals surface area contributed by atoms with Gasteiger partial charge < -0.3 is 10.4 Å². The van der Waals surface area contributed by atoms with Crippen molar-refractivity contribution in [3.8, 4) is 5.69 Å². The average molecular weight is 243 g/mol. The molecule has 1 aromatic carbocycles. The van der Waals surface area contributed by atoms with E-state index in [2.05, 4.69) is 10.4 Å². The van der Waals surface area contributed by atoms with Gasteiger partial charge in [0.05, 0.1) is 23.5 Å². The molecule has 2 heterocycles. The van der Waals surface area contributed by atoms with Crippen LogP contribution in [0.4, 0.5) is 0 Å². The van der Waals surface area contributed by atoms with Gasteiger partial charge in [-0.05, 0) is 12.1 Å². The standard InChI is InChI=1S/C13H13N3O2/c17-13(18)11-6-14-8-12-10(11)7-15-16(12)9-4-2-1-3-5-9/h1-5,7,11,14H,6,8H2,(H,17,18). The van der Waals surface area contributed by atoms with Crippen LogP contribution in [-0.2, 0) is 11.3 Å². The number of benzene rings is 1. The lowest BCUT2D eigenvalue weighted by molar-refractivity contribution is -0.138. The van der Waals surface area contributed by atoms with Crippen molar-refractivity contribution in [3.63, 3.8) is 0 Å². The number of carboxylic acids is 1. The predicted molar refractivity (Wildman–Crippen MR) is 65.6 cm³/mol. The minimum Gasteiger partial charge on any atom is -0.481 e. The Bertz CT molecular complexity index is 577. The van der Waals surface area contributed by atoms with Gasteiger partial charge in [-0.15, -0.1) is 0 Å². The lowest BCUT2D eigenvalue weighted by Crippen LogP contribution is -2.33. The van der Waals surface area contributed by atoms with E-state index in [0.29, 0.717) is 13.1 Å². The highest BCUT2D eigenvalue weighted by molar-refractivity contribution is 5.77. The molecule has 5 nitrogen and oxygen atoms in total. The summed E-state index contributed by atoms with van der Waals surface area (Å²) in [7, 11) is 0. The Balaban J connectivity index is 2.08. The summed E-state index contributed by atoms with van der Waals surface area (Å²) in [5, 5.41) is 16.6. The second-order valence-corrected chi connectivity index (χ2v) is 4.32. The molecule has 0 aliphatic carbocycles. The minimum absolute atomic E-state index is 0.461. The summed E-state index contributed by atoms with van der Waals surface area (Å²) in [4.78, 5) is 11.2. The molecule has 1 aliphatic rings. The largest absolute Gasteiger partial charge is 0.481 e. The number of rotatable bonds is 2. The van der Waals surface area contributed by atoms with Crippen LogP contribution in [0.3, 0.4) is 0 Å². The highest BCUT2D eigenvalue weighted by Crippen LogP contribution is 2.25. The summed E-state index contributed by atoms with van der Waals surface area (Å²) < 4.78 is 1.80. The molecule has 0 saturated heterocycles. The summed E-state index contributed by atoms with van der Waals surface area (Å²) in [6.07, 6.45) is 1.67. The van der Waals surface area contributed by atoms with Crippen molar-refractivity contribution in [1.29, 1.82) is 0 Å². The molecule has 5 heteroatoms. The predicted octanol–water partition coefficient (Wildman–Crippen LogP) is 1.14. The number of hydrogen-bond donors (Lipinski definition) is 2. The van der Waals surface area contributed by atoms with Gasteiger partial charge in [-0.2, -0.15) is 5.10 Å². The summed E-state index contributed by atoms with van der Waals surface area (Å²) >= 11 is 0. The van der Waals surface area contributed by atoms with Crippen molar-refractivity contribution >= 4 is 5.97 Å². The first-order chi connectivity index (χ1) is 8.77. The van der Waals surface area contributed by atoms with Crippen LogP contribution < -0.4 is 5.32 Å². The van der Waals surface area contributed by atoms with E-state index in [-0.39, 0.29) is 0 Å².